The summed E-state index contributed by atoms with van der Waals surface area (Å²) in [7, 11) is 0. The van der Waals surface area contributed by atoms with Crippen molar-refractivity contribution in [1.82, 2.24) is 10.2 Å². The number of hydrogen-bond donors (Lipinski definition) is 2. The van der Waals surface area contributed by atoms with Crippen LogP contribution in [0.5, 0.6) is 0 Å². The molecule has 0 aliphatic carbocycles. The summed E-state index contributed by atoms with van der Waals surface area (Å²) >= 11 is 0. The van der Waals surface area contributed by atoms with Crippen LogP contribution in [0.25, 0.3) is 0 Å². The van der Waals surface area contributed by atoms with E-state index < -0.39 is 18.0 Å². The fourth-order valence-electron chi connectivity index (χ4n) is 2.03. The van der Waals surface area contributed by atoms with Crippen LogP contribution in [0.3, 0.4) is 0 Å². The number of imide groups is 1. The predicted octanol–water partition coefficient (Wildman–Crippen LogP) is 1.20. The number of carbonyl (C=O) groups is 3. The zero-order chi connectivity index (χ0) is 14.0. The third-order valence-corrected chi connectivity index (χ3v) is 2.95. The van der Waals surface area contributed by atoms with Gasteiger partial charge in [0, 0.05) is 5.56 Å². The number of nitrogens with zero attached hydrogens (tertiary/aromatic N) is 1. The third-order valence-electron chi connectivity index (χ3n) is 2.95. The molecule has 0 bridgehead atoms. The Bertz CT molecular complexity index is 522. The SMILES string of the molecule is CCCC1NC(=O)N(Cc2ccoc2C(=O)O)C1=O. The lowest BCUT2D eigenvalue weighted by Crippen LogP contribution is -2.31. The largest absolute Gasteiger partial charge is 0.475 e. The first-order valence-electron chi connectivity index (χ1n) is 5.96. The summed E-state index contributed by atoms with van der Waals surface area (Å²) < 4.78 is 4.81. The van der Waals surface area contributed by atoms with Gasteiger partial charge in [0.05, 0.1) is 12.8 Å². The van der Waals surface area contributed by atoms with Gasteiger partial charge in [-0.25, -0.2) is 9.59 Å². The number of amides is 3. The highest BCUT2D eigenvalue weighted by Gasteiger charge is 2.37. The lowest BCUT2D eigenvalue weighted by atomic mass is 10.1. The summed E-state index contributed by atoms with van der Waals surface area (Å²) in [6, 6.07) is 0.427. The van der Waals surface area contributed by atoms with E-state index in [1.54, 1.807) is 0 Å². The lowest BCUT2D eigenvalue weighted by molar-refractivity contribution is -0.128. The first-order valence-corrected chi connectivity index (χ1v) is 5.96. The van der Waals surface area contributed by atoms with Gasteiger partial charge in [-0.2, -0.15) is 0 Å². The van der Waals surface area contributed by atoms with Crippen LogP contribution in [-0.2, 0) is 11.3 Å². The van der Waals surface area contributed by atoms with Gasteiger partial charge in [0.25, 0.3) is 5.91 Å². The molecule has 1 aromatic rings. The number of aromatic carboxylic acids is 1. The first-order chi connectivity index (χ1) is 9.04. The minimum atomic E-state index is -1.22. The van der Waals surface area contributed by atoms with E-state index in [1.807, 2.05) is 6.92 Å². The molecule has 1 saturated heterocycles. The third kappa shape index (κ3) is 2.44. The van der Waals surface area contributed by atoms with Crippen molar-refractivity contribution in [2.45, 2.75) is 32.4 Å². The number of hydrogen-bond acceptors (Lipinski definition) is 4. The second kappa shape index (κ2) is 5.13. The maximum Gasteiger partial charge on any atom is 0.372 e. The Kier molecular flexibility index (Phi) is 3.55. The van der Waals surface area contributed by atoms with Gasteiger partial charge in [-0.05, 0) is 12.5 Å². The van der Waals surface area contributed by atoms with Crippen LogP contribution in [0.2, 0.25) is 0 Å². The highest BCUT2D eigenvalue weighted by Crippen LogP contribution is 2.18. The molecule has 0 radical (unpaired) electrons. The fraction of sp³-hybridized carbons (Fsp3) is 0.417. The van der Waals surface area contributed by atoms with Crippen molar-refractivity contribution in [3.63, 3.8) is 0 Å². The van der Waals surface area contributed by atoms with Crippen LogP contribution < -0.4 is 5.32 Å². The van der Waals surface area contributed by atoms with Gasteiger partial charge < -0.3 is 14.8 Å². The van der Waals surface area contributed by atoms with Crippen molar-refractivity contribution >= 4 is 17.9 Å². The molecule has 1 aromatic heterocycles. The summed E-state index contributed by atoms with van der Waals surface area (Å²) in [4.78, 5) is 35.6. The van der Waals surface area contributed by atoms with Gasteiger partial charge in [0.15, 0.2) is 0 Å². The normalized spacial score (nSPS) is 18.8. The minimum Gasteiger partial charge on any atom is -0.475 e. The van der Waals surface area contributed by atoms with E-state index in [0.717, 1.165) is 11.3 Å². The maximum absolute atomic E-state index is 12.0. The Morgan fingerprint density at radius 1 is 1.53 bits per heavy atom. The van der Waals surface area contributed by atoms with Gasteiger partial charge in [-0.1, -0.05) is 13.3 Å². The first kappa shape index (κ1) is 13.1. The standard InChI is InChI=1S/C12H14N2O5/c1-2-3-8-10(15)14(12(18)13-8)6-7-4-5-19-9(7)11(16)17/h4-5,8H,2-3,6H2,1H3,(H,13,18)(H,16,17). The molecule has 1 aliphatic heterocycles. The number of carboxylic acids is 1. The molecule has 1 fully saturated rings. The molecule has 7 nitrogen and oxygen atoms in total. The van der Waals surface area contributed by atoms with Crippen LogP contribution in [0.4, 0.5) is 4.79 Å². The van der Waals surface area contributed by atoms with Crippen LogP contribution >= 0.6 is 0 Å². The van der Waals surface area contributed by atoms with Crippen LogP contribution in [0.1, 0.15) is 35.9 Å². The molecule has 7 heteroatoms. The van der Waals surface area contributed by atoms with Gasteiger partial charge in [0.2, 0.25) is 5.76 Å². The average Bonchev–Trinajstić information content (AvgIpc) is 2.91. The Morgan fingerprint density at radius 3 is 2.89 bits per heavy atom. The molecule has 1 atom stereocenters. The molecule has 102 valence electrons. The summed E-state index contributed by atoms with van der Waals surface area (Å²) in [6.07, 6.45) is 2.57. The predicted molar refractivity (Wildman–Crippen MR) is 63.4 cm³/mol. The topological polar surface area (TPSA) is 99.8 Å². The van der Waals surface area contributed by atoms with E-state index in [1.165, 1.54) is 12.3 Å². The van der Waals surface area contributed by atoms with E-state index in [4.69, 9.17) is 9.52 Å². The molecule has 2 N–H and O–H groups in total. The van der Waals surface area contributed by atoms with E-state index in [-0.39, 0.29) is 18.2 Å². The molecule has 0 saturated carbocycles. The molecule has 1 unspecified atom stereocenters. The van der Waals surface area contributed by atoms with Crippen molar-refractivity contribution in [2.24, 2.45) is 0 Å². The monoisotopic (exact) mass is 266 g/mol. The fourth-order valence-corrected chi connectivity index (χ4v) is 2.03. The molecule has 0 aromatic carbocycles. The smallest absolute Gasteiger partial charge is 0.372 e. The van der Waals surface area contributed by atoms with Crippen molar-refractivity contribution in [3.05, 3.63) is 23.7 Å². The molecule has 0 spiro atoms. The van der Waals surface area contributed by atoms with Crippen LogP contribution in [0, 0.1) is 0 Å². The average molecular weight is 266 g/mol. The number of furan rings is 1. The molecule has 2 rings (SSSR count). The Labute approximate surface area is 109 Å². The number of carbonyl (C=O) groups excluding carboxylic acids is 2. The van der Waals surface area contributed by atoms with Crippen LogP contribution in [-0.4, -0.2) is 34.0 Å². The highest BCUT2D eigenvalue weighted by molar-refractivity contribution is 6.04. The summed E-state index contributed by atoms with van der Waals surface area (Å²) in [5.74, 6) is -1.80. The highest BCUT2D eigenvalue weighted by atomic mass is 16.4. The number of carboxylic acid groups (broad SMARTS) is 1. The number of rotatable bonds is 5. The molecule has 2 heterocycles. The molecule has 1 aliphatic rings. The summed E-state index contributed by atoms with van der Waals surface area (Å²) in [5.41, 5.74) is 0.299. The zero-order valence-electron chi connectivity index (χ0n) is 10.4. The zero-order valence-corrected chi connectivity index (χ0v) is 10.4. The van der Waals surface area contributed by atoms with Gasteiger partial charge >= 0.3 is 12.0 Å². The summed E-state index contributed by atoms with van der Waals surface area (Å²) in [5, 5.41) is 11.5. The second-order valence-corrected chi connectivity index (χ2v) is 4.30. The summed E-state index contributed by atoms with van der Waals surface area (Å²) in [6.45, 7) is 1.82. The van der Waals surface area contributed by atoms with Crippen LogP contribution in [0.15, 0.2) is 16.7 Å². The van der Waals surface area contributed by atoms with Crippen molar-refractivity contribution in [3.8, 4) is 0 Å². The van der Waals surface area contributed by atoms with E-state index >= 15 is 0 Å². The Balaban J connectivity index is 2.15. The molecular formula is C12H14N2O5. The van der Waals surface area contributed by atoms with Gasteiger partial charge in [0.1, 0.15) is 6.04 Å². The van der Waals surface area contributed by atoms with Crippen molar-refractivity contribution in [1.29, 1.82) is 0 Å². The molecule has 19 heavy (non-hydrogen) atoms. The minimum absolute atomic E-state index is 0.0942. The lowest BCUT2D eigenvalue weighted by Gasteiger charge is -2.11. The second-order valence-electron chi connectivity index (χ2n) is 4.30. The van der Waals surface area contributed by atoms with Gasteiger partial charge in [-0.15, -0.1) is 0 Å². The number of nitrogens with one attached hydrogen (secondary N) is 1. The van der Waals surface area contributed by atoms with Gasteiger partial charge in [-0.3, -0.25) is 9.69 Å². The van der Waals surface area contributed by atoms with Crippen molar-refractivity contribution < 1.29 is 23.9 Å². The van der Waals surface area contributed by atoms with Crippen molar-refractivity contribution in [2.75, 3.05) is 0 Å². The van der Waals surface area contributed by atoms with E-state index in [2.05, 4.69) is 5.32 Å². The maximum atomic E-state index is 12.0. The Hall–Kier alpha value is -2.31. The number of urea groups is 1. The Morgan fingerprint density at radius 2 is 2.26 bits per heavy atom. The molecule has 3 amide bonds. The quantitative estimate of drug-likeness (QED) is 0.780. The molecular weight excluding hydrogens is 252 g/mol. The van der Waals surface area contributed by atoms with E-state index in [0.29, 0.717) is 12.0 Å². The van der Waals surface area contributed by atoms with E-state index in [9.17, 15) is 14.4 Å².